The second-order valence-corrected chi connectivity index (χ2v) is 6.42. The first-order valence-corrected chi connectivity index (χ1v) is 7.96. The third-order valence-corrected chi connectivity index (χ3v) is 5.05. The number of amides is 1. The Labute approximate surface area is 124 Å². The number of halogens is 1. The van der Waals surface area contributed by atoms with Crippen molar-refractivity contribution in [2.45, 2.75) is 52.0 Å². The molecule has 0 bridgehead atoms. The van der Waals surface area contributed by atoms with Gasteiger partial charge in [-0.3, -0.25) is 4.79 Å². The molecule has 19 heavy (non-hydrogen) atoms. The van der Waals surface area contributed by atoms with E-state index in [1.807, 2.05) is 25.1 Å². The summed E-state index contributed by atoms with van der Waals surface area (Å²) in [5.41, 5.74) is 1.90. The third-order valence-electron chi connectivity index (χ3n) is 4.19. The molecule has 1 amide bonds. The number of nitrogens with one attached hydrogen (secondary N) is 1. The molecule has 3 heteroatoms. The summed E-state index contributed by atoms with van der Waals surface area (Å²) >= 11 is 3.48. The van der Waals surface area contributed by atoms with Gasteiger partial charge in [0.2, 0.25) is 0 Å². The molecule has 0 heterocycles. The van der Waals surface area contributed by atoms with Crippen molar-refractivity contribution in [3.8, 4) is 0 Å². The van der Waals surface area contributed by atoms with Gasteiger partial charge in [-0.15, -0.1) is 0 Å². The van der Waals surface area contributed by atoms with Gasteiger partial charge >= 0.3 is 0 Å². The molecule has 104 valence electrons. The highest BCUT2D eigenvalue weighted by Crippen LogP contribution is 2.26. The van der Waals surface area contributed by atoms with E-state index >= 15 is 0 Å². The molecule has 1 aliphatic rings. The van der Waals surface area contributed by atoms with E-state index in [-0.39, 0.29) is 5.91 Å². The van der Waals surface area contributed by atoms with E-state index in [1.165, 1.54) is 19.3 Å². The molecule has 2 nitrogen and oxygen atoms in total. The lowest BCUT2D eigenvalue weighted by Gasteiger charge is -2.28. The van der Waals surface area contributed by atoms with Crippen molar-refractivity contribution < 1.29 is 4.79 Å². The molecular weight excluding hydrogens is 302 g/mol. The molecule has 0 atom stereocenters. The topological polar surface area (TPSA) is 29.1 Å². The number of benzene rings is 1. The molecule has 1 aromatic carbocycles. The van der Waals surface area contributed by atoms with Crippen LogP contribution in [0.5, 0.6) is 0 Å². The summed E-state index contributed by atoms with van der Waals surface area (Å²) in [6.07, 6.45) is 6.01. The molecular formula is C16H22BrNO. The average Bonchev–Trinajstić information content (AvgIpc) is 2.42. The Hall–Kier alpha value is -0.830. The summed E-state index contributed by atoms with van der Waals surface area (Å²) in [5, 5.41) is 3.17. The first-order valence-electron chi connectivity index (χ1n) is 7.17. The highest BCUT2D eigenvalue weighted by atomic mass is 79.9. The fourth-order valence-electron chi connectivity index (χ4n) is 2.72. The number of hydrogen-bond acceptors (Lipinski definition) is 1. The minimum atomic E-state index is 0.0562. The number of carbonyl (C=O) groups is 1. The fraction of sp³-hybridized carbons (Fsp3) is 0.562. The molecule has 1 aromatic rings. The molecule has 0 radical (unpaired) electrons. The van der Waals surface area contributed by atoms with Crippen LogP contribution in [0.3, 0.4) is 0 Å². The average molecular weight is 324 g/mol. The largest absolute Gasteiger partial charge is 0.349 e. The van der Waals surface area contributed by atoms with E-state index in [1.54, 1.807) is 0 Å². The maximum absolute atomic E-state index is 12.2. The summed E-state index contributed by atoms with van der Waals surface area (Å²) < 4.78 is 0.995. The van der Waals surface area contributed by atoms with Crippen molar-refractivity contribution >= 4 is 21.8 Å². The molecule has 0 unspecified atom stereocenters. The normalized spacial score (nSPS) is 23.1. The molecule has 0 spiro atoms. The van der Waals surface area contributed by atoms with Crippen LogP contribution in [0.4, 0.5) is 0 Å². The van der Waals surface area contributed by atoms with Gasteiger partial charge in [0, 0.05) is 16.1 Å². The van der Waals surface area contributed by atoms with Crippen LogP contribution in [-0.2, 0) is 0 Å². The van der Waals surface area contributed by atoms with Gasteiger partial charge in [0.05, 0.1) is 0 Å². The summed E-state index contributed by atoms with van der Waals surface area (Å²) in [6, 6.07) is 6.14. The highest BCUT2D eigenvalue weighted by molar-refractivity contribution is 9.10. The number of carbonyl (C=O) groups excluding carboxylic acids is 1. The van der Waals surface area contributed by atoms with Crippen LogP contribution in [0.15, 0.2) is 22.7 Å². The van der Waals surface area contributed by atoms with Crippen LogP contribution in [0, 0.1) is 12.8 Å². The predicted octanol–water partition coefficient (Wildman–Crippen LogP) is 4.46. The highest BCUT2D eigenvalue weighted by Gasteiger charge is 2.21. The molecule has 1 fully saturated rings. The lowest BCUT2D eigenvalue weighted by Crippen LogP contribution is -2.37. The van der Waals surface area contributed by atoms with E-state index in [0.717, 1.165) is 34.4 Å². The van der Waals surface area contributed by atoms with Crippen molar-refractivity contribution in [3.05, 3.63) is 33.8 Å². The quantitative estimate of drug-likeness (QED) is 0.874. The van der Waals surface area contributed by atoms with E-state index in [2.05, 4.69) is 28.2 Å². The standard InChI is InChI=1S/C16H22BrNO/c1-3-12-5-8-14(9-6-12)18-16(19)13-7-4-11(2)15(17)10-13/h4,7,10,12,14H,3,5-6,8-9H2,1-2H3,(H,18,19). The maximum atomic E-state index is 12.2. The van der Waals surface area contributed by atoms with Crippen molar-refractivity contribution in [1.82, 2.24) is 5.32 Å². The number of rotatable bonds is 3. The predicted molar refractivity (Wildman–Crippen MR) is 82.4 cm³/mol. The fourth-order valence-corrected chi connectivity index (χ4v) is 3.10. The summed E-state index contributed by atoms with van der Waals surface area (Å²) in [7, 11) is 0. The van der Waals surface area contributed by atoms with Crippen LogP contribution >= 0.6 is 15.9 Å². The second kappa shape index (κ2) is 6.56. The van der Waals surface area contributed by atoms with Gasteiger partial charge in [-0.25, -0.2) is 0 Å². The minimum absolute atomic E-state index is 0.0562. The van der Waals surface area contributed by atoms with Gasteiger partial charge in [0.15, 0.2) is 0 Å². The zero-order valence-corrected chi connectivity index (χ0v) is 13.3. The number of hydrogen-bond donors (Lipinski definition) is 1. The van der Waals surface area contributed by atoms with Crippen LogP contribution in [0.1, 0.15) is 54.9 Å². The lowest BCUT2D eigenvalue weighted by atomic mass is 9.84. The van der Waals surface area contributed by atoms with Gasteiger partial charge in [0.1, 0.15) is 0 Å². The van der Waals surface area contributed by atoms with E-state index in [0.29, 0.717) is 6.04 Å². The van der Waals surface area contributed by atoms with Crippen molar-refractivity contribution in [1.29, 1.82) is 0 Å². The van der Waals surface area contributed by atoms with Crippen LogP contribution < -0.4 is 5.32 Å². The SMILES string of the molecule is CCC1CCC(NC(=O)c2ccc(C)c(Br)c2)CC1. The van der Waals surface area contributed by atoms with Gasteiger partial charge in [-0.1, -0.05) is 35.3 Å². The van der Waals surface area contributed by atoms with Crippen molar-refractivity contribution in [2.24, 2.45) is 5.92 Å². The van der Waals surface area contributed by atoms with Crippen LogP contribution in [0.25, 0.3) is 0 Å². The zero-order valence-electron chi connectivity index (χ0n) is 11.7. The van der Waals surface area contributed by atoms with Crippen molar-refractivity contribution in [2.75, 3.05) is 0 Å². The Bertz CT molecular complexity index is 450. The van der Waals surface area contributed by atoms with E-state index in [4.69, 9.17) is 0 Å². The maximum Gasteiger partial charge on any atom is 0.251 e. The Morgan fingerprint density at radius 2 is 2.00 bits per heavy atom. The molecule has 1 N–H and O–H groups in total. The Morgan fingerprint density at radius 3 is 2.58 bits per heavy atom. The minimum Gasteiger partial charge on any atom is -0.349 e. The van der Waals surface area contributed by atoms with E-state index in [9.17, 15) is 4.79 Å². The Morgan fingerprint density at radius 1 is 1.32 bits per heavy atom. The smallest absolute Gasteiger partial charge is 0.251 e. The molecule has 2 rings (SSSR count). The Balaban J connectivity index is 1.92. The molecule has 0 aliphatic heterocycles. The van der Waals surface area contributed by atoms with E-state index < -0.39 is 0 Å². The second-order valence-electron chi connectivity index (χ2n) is 5.56. The summed E-state index contributed by atoms with van der Waals surface area (Å²) in [6.45, 7) is 4.28. The Kier molecular flexibility index (Phi) is 5.03. The van der Waals surface area contributed by atoms with Gasteiger partial charge < -0.3 is 5.32 Å². The van der Waals surface area contributed by atoms with Gasteiger partial charge in [-0.2, -0.15) is 0 Å². The van der Waals surface area contributed by atoms with Crippen LogP contribution in [-0.4, -0.2) is 11.9 Å². The van der Waals surface area contributed by atoms with Crippen LogP contribution in [0.2, 0.25) is 0 Å². The third kappa shape index (κ3) is 3.82. The molecule has 0 aromatic heterocycles. The summed E-state index contributed by atoms with van der Waals surface area (Å²) in [5.74, 6) is 0.919. The van der Waals surface area contributed by atoms with Gasteiger partial charge in [-0.05, 0) is 56.2 Å². The molecule has 1 aliphatic carbocycles. The first kappa shape index (κ1) is 14.6. The number of aryl methyl sites for hydroxylation is 1. The summed E-state index contributed by atoms with van der Waals surface area (Å²) in [4.78, 5) is 12.2. The molecule has 1 saturated carbocycles. The monoisotopic (exact) mass is 323 g/mol. The zero-order chi connectivity index (χ0) is 13.8. The lowest BCUT2D eigenvalue weighted by molar-refractivity contribution is 0.0921. The van der Waals surface area contributed by atoms with Crippen molar-refractivity contribution in [3.63, 3.8) is 0 Å². The van der Waals surface area contributed by atoms with Gasteiger partial charge in [0.25, 0.3) is 5.91 Å². The first-order chi connectivity index (χ1) is 9.10. The molecule has 0 saturated heterocycles.